The van der Waals surface area contributed by atoms with E-state index in [0.717, 1.165) is 36.0 Å². The molecule has 1 N–H and O–H groups in total. The molecule has 1 saturated carbocycles. The van der Waals surface area contributed by atoms with Gasteiger partial charge in [-0.1, -0.05) is 26.0 Å². The molecular formula is C23H28ClN3O3. The zero-order valence-corrected chi connectivity index (χ0v) is 18.2. The van der Waals surface area contributed by atoms with Crippen molar-refractivity contribution in [1.82, 2.24) is 9.88 Å². The van der Waals surface area contributed by atoms with Gasteiger partial charge in [-0.15, -0.1) is 12.4 Å². The first-order valence-electron chi connectivity index (χ1n) is 10.4. The van der Waals surface area contributed by atoms with E-state index in [1.54, 1.807) is 6.20 Å². The Hall–Kier alpha value is -2.31. The molecule has 1 saturated heterocycles. The molecule has 2 aliphatic heterocycles. The van der Waals surface area contributed by atoms with Crippen LogP contribution in [0.3, 0.4) is 0 Å². The fraction of sp³-hybridized carbons (Fsp3) is 0.478. The van der Waals surface area contributed by atoms with Gasteiger partial charge in [-0.2, -0.15) is 0 Å². The number of fused-ring (bicyclic) bond motifs is 1. The number of nitrogens with one attached hydrogen (secondary N) is 1. The molecule has 2 aromatic rings. The molecule has 1 amide bonds. The van der Waals surface area contributed by atoms with E-state index in [-0.39, 0.29) is 36.6 Å². The summed E-state index contributed by atoms with van der Waals surface area (Å²) >= 11 is 0. The summed E-state index contributed by atoms with van der Waals surface area (Å²) in [4.78, 5) is 20.0. The van der Waals surface area contributed by atoms with E-state index in [2.05, 4.69) is 41.2 Å². The van der Waals surface area contributed by atoms with E-state index >= 15 is 0 Å². The SMILES string of the molecule is CC1(C)CCN(Cc2nccc3c2OCO3)C1C(=O)Nc1ccc(C2CC2)cc1.Cl. The fourth-order valence-electron chi connectivity index (χ4n) is 4.55. The summed E-state index contributed by atoms with van der Waals surface area (Å²) in [6.07, 6.45) is 5.25. The van der Waals surface area contributed by atoms with Crippen molar-refractivity contribution in [1.29, 1.82) is 0 Å². The third-order valence-corrected chi connectivity index (χ3v) is 6.34. The molecule has 0 bridgehead atoms. The molecule has 1 unspecified atom stereocenters. The van der Waals surface area contributed by atoms with Gasteiger partial charge in [-0.05, 0) is 54.8 Å². The molecule has 1 aliphatic carbocycles. The van der Waals surface area contributed by atoms with Crippen LogP contribution in [0.15, 0.2) is 36.5 Å². The lowest BCUT2D eigenvalue weighted by molar-refractivity contribution is -0.123. The molecule has 0 spiro atoms. The first-order valence-corrected chi connectivity index (χ1v) is 10.4. The third-order valence-electron chi connectivity index (χ3n) is 6.34. The average Bonchev–Trinajstić information content (AvgIpc) is 3.35. The minimum Gasteiger partial charge on any atom is -0.453 e. The van der Waals surface area contributed by atoms with Crippen LogP contribution in [-0.4, -0.2) is 35.2 Å². The predicted octanol–water partition coefficient (Wildman–Crippen LogP) is 4.35. The lowest BCUT2D eigenvalue weighted by Gasteiger charge is -2.31. The molecule has 6 nitrogen and oxygen atoms in total. The number of anilines is 1. The molecule has 7 heteroatoms. The number of aromatic nitrogens is 1. The lowest BCUT2D eigenvalue weighted by atomic mass is 9.84. The Labute approximate surface area is 183 Å². The van der Waals surface area contributed by atoms with Crippen LogP contribution in [0.4, 0.5) is 5.69 Å². The highest BCUT2D eigenvalue weighted by atomic mass is 35.5. The molecule has 3 heterocycles. The van der Waals surface area contributed by atoms with Crippen molar-refractivity contribution in [2.45, 2.75) is 51.6 Å². The minimum absolute atomic E-state index is 0. The number of nitrogens with zero attached hydrogens (tertiary/aromatic N) is 2. The van der Waals surface area contributed by atoms with Crippen molar-refractivity contribution >= 4 is 24.0 Å². The summed E-state index contributed by atoms with van der Waals surface area (Å²) in [5, 5.41) is 3.14. The highest BCUT2D eigenvalue weighted by molar-refractivity contribution is 5.95. The maximum Gasteiger partial charge on any atom is 0.242 e. The van der Waals surface area contributed by atoms with Crippen molar-refractivity contribution < 1.29 is 14.3 Å². The summed E-state index contributed by atoms with van der Waals surface area (Å²) < 4.78 is 11.1. The topological polar surface area (TPSA) is 63.7 Å². The van der Waals surface area contributed by atoms with Gasteiger partial charge in [0.2, 0.25) is 12.7 Å². The van der Waals surface area contributed by atoms with Crippen molar-refractivity contribution in [2.24, 2.45) is 5.41 Å². The van der Waals surface area contributed by atoms with Gasteiger partial charge in [0.15, 0.2) is 11.5 Å². The van der Waals surface area contributed by atoms with E-state index < -0.39 is 0 Å². The molecule has 3 aliphatic rings. The van der Waals surface area contributed by atoms with Gasteiger partial charge >= 0.3 is 0 Å². The number of amides is 1. The molecular weight excluding hydrogens is 402 g/mol. The first-order chi connectivity index (χ1) is 14.0. The zero-order valence-electron chi connectivity index (χ0n) is 17.4. The number of hydrogen-bond acceptors (Lipinski definition) is 5. The Balaban J connectivity index is 0.00000218. The highest BCUT2D eigenvalue weighted by Gasteiger charge is 2.45. The monoisotopic (exact) mass is 429 g/mol. The van der Waals surface area contributed by atoms with Gasteiger partial charge in [0.25, 0.3) is 0 Å². The number of rotatable bonds is 5. The zero-order chi connectivity index (χ0) is 20.0. The Bertz CT molecular complexity index is 928. The number of likely N-dealkylation sites (tertiary alicyclic amines) is 1. The third kappa shape index (κ3) is 3.98. The Morgan fingerprint density at radius 2 is 1.97 bits per heavy atom. The maximum absolute atomic E-state index is 13.3. The van der Waals surface area contributed by atoms with E-state index in [4.69, 9.17) is 9.47 Å². The quantitative estimate of drug-likeness (QED) is 0.765. The summed E-state index contributed by atoms with van der Waals surface area (Å²) in [6.45, 7) is 5.96. The van der Waals surface area contributed by atoms with Crippen LogP contribution in [0.25, 0.3) is 0 Å². The largest absolute Gasteiger partial charge is 0.453 e. The van der Waals surface area contributed by atoms with Gasteiger partial charge in [0, 0.05) is 24.5 Å². The Kier molecular flexibility index (Phi) is 5.64. The van der Waals surface area contributed by atoms with Gasteiger partial charge in [0.05, 0.1) is 6.04 Å². The normalized spacial score (nSPS) is 21.9. The van der Waals surface area contributed by atoms with Crippen molar-refractivity contribution in [3.63, 3.8) is 0 Å². The summed E-state index contributed by atoms with van der Waals surface area (Å²) in [5.41, 5.74) is 2.94. The van der Waals surface area contributed by atoms with E-state index in [9.17, 15) is 4.79 Å². The molecule has 5 rings (SSSR count). The van der Waals surface area contributed by atoms with Gasteiger partial charge in [0.1, 0.15) is 5.69 Å². The van der Waals surface area contributed by atoms with Crippen LogP contribution in [0, 0.1) is 5.41 Å². The smallest absolute Gasteiger partial charge is 0.242 e. The highest BCUT2D eigenvalue weighted by Crippen LogP contribution is 2.41. The number of carbonyl (C=O) groups is 1. The lowest BCUT2D eigenvalue weighted by Crippen LogP contribution is -2.46. The molecule has 2 fully saturated rings. The van der Waals surface area contributed by atoms with Crippen LogP contribution in [0.1, 0.15) is 50.3 Å². The molecule has 160 valence electrons. The Morgan fingerprint density at radius 1 is 1.20 bits per heavy atom. The Morgan fingerprint density at radius 3 is 2.70 bits per heavy atom. The van der Waals surface area contributed by atoms with Crippen LogP contribution < -0.4 is 14.8 Å². The summed E-state index contributed by atoms with van der Waals surface area (Å²) in [5.74, 6) is 2.18. The number of ether oxygens (including phenoxy) is 2. The number of carbonyl (C=O) groups excluding carboxylic acids is 1. The summed E-state index contributed by atoms with van der Waals surface area (Å²) in [6, 6.07) is 9.91. The summed E-state index contributed by atoms with van der Waals surface area (Å²) in [7, 11) is 0. The molecule has 1 aromatic heterocycles. The number of benzene rings is 1. The van der Waals surface area contributed by atoms with Crippen LogP contribution >= 0.6 is 12.4 Å². The second-order valence-electron chi connectivity index (χ2n) is 8.99. The van der Waals surface area contributed by atoms with Crippen molar-refractivity contribution in [2.75, 3.05) is 18.7 Å². The maximum atomic E-state index is 13.3. The second-order valence-corrected chi connectivity index (χ2v) is 8.99. The fourth-order valence-corrected chi connectivity index (χ4v) is 4.55. The average molecular weight is 430 g/mol. The van der Waals surface area contributed by atoms with Gasteiger partial charge < -0.3 is 14.8 Å². The van der Waals surface area contributed by atoms with E-state index in [0.29, 0.717) is 12.3 Å². The van der Waals surface area contributed by atoms with Gasteiger partial charge in [-0.25, -0.2) is 0 Å². The minimum atomic E-state index is -0.231. The first kappa shape index (κ1) is 20.9. The predicted molar refractivity (Wildman–Crippen MR) is 117 cm³/mol. The molecule has 1 atom stereocenters. The van der Waals surface area contributed by atoms with E-state index in [1.165, 1.54) is 18.4 Å². The molecule has 1 aromatic carbocycles. The van der Waals surface area contributed by atoms with Crippen molar-refractivity contribution in [3.05, 3.63) is 47.8 Å². The number of pyridine rings is 1. The molecule has 30 heavy (non-hydrogen) atoms. The van der Waals surface area contributed by atoms with Gasteiger partial charge in [-0.3, -0.25) is 14.7 Å². The van der Waals surface area contributed by atoms with Crippen LogP contribution in [0.5, 0.6) is 11.5 Å². The van der Waals surface area contributed by atoms with E-state index in [1.807, 2.05) is 18.2 Å². The molecule has 0 radical (unpaired) electrons. The van der Waals surface area contributed by atoms with Crippen LogP contribution in [0.2, 0.25) is 0 Å². The van der Waals surface area contributed by atoms with Crippen LogP contribution in [-0.2, 0) is 11.3 Å². The second kappa shape index (κ2) is 8.08. The standard InChI is InChI=1S/C23H27N3O3.ClH/c1-23(2)10-12-26(13-18-20-19(9-11-24-18)28-14-29-20)21(23)22(27)25-17-7-5-16(6-8-17)15-3-4-15;/h5-9,11,15,21H,3-4,10,12-14H2,1-2H3,(H,25,27);1H. The van der Waals surface area contributed by atoms with Crippen molar-refractivity contribution in [3.8, 4) is 11.5 Å². The number of hydrogen-bond donors (Lipinski definition) is 1. The number of halogens is 1.